The summed E-state index contributed by atoms with van der Waals surface area (Å²) in [7, 11) is 0. The smallest absolute Gasteiger partial charge is 0.253 e. The number of aryl methyl sites for hydroxylation is 2. The second kappa shape index (κ2) is 4.15. The topological polar surface area (TPSA) is 46.3 Å². The third kappa shape index (κ3) is 1.95. The number of likely N-dealkylation sites (tertiary alicyclic amines) is 1. The van der Waals surface area contributed by atoms with E-state index in [9.17, 15) is 4.79 Å². The first-order valence-corrected chi connectivity index (χ1v) is 6.41. The molecule has 0 spiro atoms. The Morgan fingerprint density at radius 2 is 2.12 bits per heavy atom. The lowest BCUT2D eigenvalue weighted by Crippen LogP contribution is -2.31. The van der Waals surface area contributed by atoms with Gasteiger partial charge in [-0.2, -0.15) is 0 Å². The van der Waals surface area contributed by atoms with Gasteiger partial charge in [-0.15, -0.1) is 0 Å². The van der Waals surface area contributed by atoms with E-state index in [1.807, 2.05) is 11.0 Å². The zero-order chi connectivity index (χ0) is 11.8. The van der Waals surface area contributed by atoms with Crippen LogP contribution in [0.15, 0.2) is 18.2 Å². The first-order valence-electron chi connectivity index (χ1n) is 6.41. The van der Waals surface area contributed by atoms with Crippen LogP contribution in [0.4, 0.5) is 0 Å². The summed E-state index contributed by atoms with van der Waals surface area (Å²) < 4.78 is 0. The van der Waals surface area contributed by atoms with Crippen molar-refractivity contribution < 1.29 is 4.79 Å². The maximum Gasteiger partial charge on any atom is 0.253 e. The van der Waals surface area contributed by atoms with E-state index in [0.29, 0.717) is 6.54 Å². The fourth-order valence-corrected chi connectivity index (χ4v) is 2.86. The van der Waals surface area contributed by atoms with Gasteiger partial charge in [0.05, 0.1) is 0 Å². The molecule has 90 valence electrons. The van der Waals surface area contributed by atoms with Crippen molar-refractivity contribution >= 4 is 5.91 Å². The van der Waals surface area contributed by atoms with Gasteiger partial charge in [-0.25, -0.2) is 0 Å². The molecule has 2 N–H and O–H groups in total. The quantitative estimate of drug-likeness (QED) is 0.791. The monoisotopic (exact) mass is 230 g/mol. The molecule has 3 nitrogen and oxygen atoms in total. The second-order valence-corrected chi connectivity index (χ2v) is 5.14. The summed E-state index contributed by atoms with van der Waals surface area (Å²) in [5.74, 6) is 0.146. The van der Waals surface area contributed by atoms with E-state index in [-0.39, 0.29) is 11.9 Å². The Morgan fingerprint density at radius 3 is 2.88 bits per heavy atom. The SMILES string of the molecule is N[C@H]1CCN(C(=O)c2ccc3c(c2)CCC3)C1. The Kier molecular flexibility index (Phi) is 2.63. The summed E-state index contributed by atoms with van der Waals surface area (Å²) in [6.45, 7) is 1.51. The number of rotatable bonds is 1. The van der Waals surface area contributed by atoms with Crippen LogP contribution in [0.2, 0.25) is 0 Å². The van der Waals surface area contributed by atoms with E-state index < -0.39 is 0 Å². The fraction of sp³-hybridized carbons (Fsp3) is 0.500. The van der Waals surface area contributed by atoms with Crippen LogP contribution in [0, 0.1) is 0 Å². The highest BCUT2D eigenvalue weighted by Gasteiger charge is 2.25. The average Bonchev–Trinajstić information content (AvgIpc) is 2.95. The van der Waals surface area contributed by atoms with E-state index in [1.54, 1.807) is 0 Å². The molecule has 2 aliphatic rings. The second-order valence-electron chi connectivity index (χ2n) is 5.14. The third-order valence-corrected chi connectivity index (χ3v) is 3.86. The summed E-state index contributed by atoms with van der Waals surface area (Å²) in [6, 6.07) is 6.32. The molecule has 1 fully saturated rings. The van der Waals surface area contributed by atoms with Crippen LogP contribution in [0.1, 0.15) is 34.3 Å². The van der Waals surface area contributed by atoms with Crippen molar-refractivity contribution in [3.63, 3.8) is 0 Å². The van der Waals surface area contributed by atoms with Crippen LogP contribution in [0.5, 0.6) is 0 Å². The molecule has 1 aromatic carbocycles. The highest BCUT2D eigenvalue weighted by molar-refractivity contribution is 5.94. The van der Waals surface area contributed by atoms with Crippen LogP contribution in [-0.2, 0) is 12.8 Å². The van der Waals surface area contributed by atoms with Crippen molar-refractivity contribution in [3.05, 3.63) is 34.9 Å². The van der Waals surface area contributed by atoms with Crippen molar-refractivity contribution in [2.75, 3.05) is 13.1 Å². The summed E-state index contributed by atoms with van der Waals surface area (Å²) in [4.78, 5) is 14.1. The molecule has 0 bridgehead atoms. The van der Waals surface area contributed by atoms with E-state index in [0.717, 1.165) is 24.9 Å². The van der Waals surface area contributed by atoms with Crippen molar-refractivity contribution in [2.45, 2.75) is 31.7 Å². The maximum absolute atomic E-state index is 12.3. The zero-order valence-electron chi connectivity index (χ0n) is 9.98. The van der Waals surface area contributed by atoms with Gasteiger partial charge in [0.25, 0.3) is 5.91 Å². The molecular weight excluding hydrogens is 212 g/mol. The zero-order valence-corrected chi connectivity index (χ0v) is 9.98. The van der Waals surface area contributed by atoms with Gasteiger partial charge in [0.2, 0.25) is 0 Å². The fourth-order valence-electron chi connectivity index (χ4n) is 2.86. The van der Waals surface area contributed by atoms with Gasteiger partial charge in [0, 0.05) is 24.7 Å². The maximum atomic E-state index is 12.3. The summed E-state index contributed by atoms with van der Waals surface area (Å²) in [6.07, 6.45) is 4.44. The van der Waals surface area contributed by atoms with E-state index in [1.165, 1.54) is 24.0 Å². The number of carbonyl (C=O) groups is 1. The molecular formula is C14H18N2O. The lowest BCUT2D eigenvalue weighted by molar-refractivity contribution is 0.0791. The number of nitrogens with two attached hydrogens (primary N) is 1. The van der Waals surface area contributed by atoms with Gasteiger partial charge >= 0.3 is 0 Å². The summed E-state index contributed by atoms with van der Waals surface area (Å²) in [5, 5.41) is 0. The molecule has 1 heterocycles. The first-order chi connectivity index (χ1) is 8.24. The predicted octanol–water partition coefficient (Wildman–Crippen LogP) is 1.35. The lowest BCUT2D eigenvalue weighted by Gasteiger charge is -2.16. The Morgan fingerprint density at radius 1 is 1.29 bits per heavy atom. The van der Waals surface area contributed by atoms with Crippen LogP contribution >= 0.6 is 0 Å². The highest BCUT2D eigenvalue weighted by atomic mass is 16.2. The molecule has 1 aliphatic heterocycles. The molecule has 0 saturated carbocycles. The van der Waals surface area contributed by atoms with Crippen LogP contribution in [-0.4, -0.2) is 29.9 Å². The number of nitrogens with zero attached hydrogens (tertiary/aromatic N) is 1. The predicted molar refractivity (Wildman–Crippen MR) is 67.0 cm³/mol. The molecule has 3 heteroatoms. The number of benzene rings is 1. The average molecular weight is 230 g/mol. The van der Waals surface area contributed by atoms with Gasteiger partial charge in [-0.05, 0) is 48.9 Å². The van der Waals surface area contributed by atoms with E-state index in [4.69, 9.17) is 5.73 Å². The molecule has 0 unspecified atom stereocenters. The van der Waals surface area contributed by atoms with Crippen LogP contribution in [0.25, 0.3) is 0 Å². The molecule has 17 heavy (non-hydrogen) atoms. The number of amides is 1. The molecule has 0 radical (unpaired) electrons. The lowest BCUT2D eigenvalue weighted by atomic mass is 10.1. The normalized spacial score (nSPS) is 22.9. The van der Waals surface area contributed by atoms with Gasteiger partial charge in [-0.3, -0.25) is 4.79 Å². The minimum atomic E-state index is 0.146. The Balaban J connectivity index is 1.82. The minimum absolute atomic E-state index is 0.146. The van der Waals surface area contributed by atoms with Crippen LogP contribution < -0.4 is 5.73 Å². The van der Waals surface area contributed by atoms with E-state index in [2.05, 4.69) is 12.1 Å². The van der Waals surface area contributed by atoms with Gasteiger partial charge in [0.1, 0.15) is 0 Å². The standard InChI is InChI=1S/C14H18N2O/c15-13-6-7-16(9-13)14(17)12-5-4-10-2-1-3-11(10)8-12/h4-5,8,13H,1-3,6-7,9,15H2/t13-/m0/s1. The molecule has 0 aromatic heterocycles. The Bertz CT molecular complexity index is 456. The highest BCUT2D eigenvalue weighted by Crippen LogP contribution is 2.24. The Labute approximate surface area is 102 Å². The molecule has 1 aliphatic carbocycles. The van der Waals surface area contributed by atoms with Crippen molar-refractivity contribution in [2.24, 2.45) is 5.73 Å². The summed E-state index contributed by atoms with van der Waals surface area (Å²) >= 11 is 0. The largest absolute Gasteiger partial charge is 0.337 e. The summed E-state index contributed by atoms with van der Waals surface area (Å²) in [5.41, 5.74) is 9.45. The molecule has 1 aromatic rings. The van der Waals surface area contributed by atoms with Crippen LogP contribution in [0.3, 0.4) is 0 Å². The number of hydrogen-bond donors (Lipinski definition) is 1. The first kappa shape index (κ1) is 10.8. The molecule has 1 saturated heterocycles. The van der Waals surface area contributed by atoms with Crippen molar-refractivity contribution in [1.29, 1.82) is 0 Å². The van der Waals surface area contributed by atoms with Crippen molar-refractivity contribution in [1.82, 2.24) is 4.90 Å². The number of hydrogen-bond acceptors (Lipinski definition) is 2. The Hall–Kier alpha value is -1.35. The van der Waals surface area contributed by atoms with E-state index >= 15 is 0 Å². The van der Waals surface area contributed by atoms with Gasteiger partial charge in [0.15, 0.2) is 0 Å². The number of carbonyl (C=O) groups excluding carboxylic acids is 1. The van der Waals surface area contributed by atoms with Gasteiger partial charge < -0.3 is 10.6 Å². The molecule has 1 amide bonds. The molecule has 1 atom stereocenters. The molecule has 3 rings (SSSR count). The van der Waals surface area contributed by atoms with Crippen molar-refractivity contribution in [3.8, 4) is 0 Å². The minimum Gasteiger partial charge on any atom is -0.337 e. The number of fused-ring (bicyclic) bond motifs is 1. The third-order valence-electron chi connectivity index (χ3n) is 3.86. The van der Waals surface area contributed by atoms with Gasteiger partial charge in [-0.1, -0.05) is 6.07 Å².